The van der Waals surface area contributed by atoms with Gasteiger partial charge in [0.2, 0.25) is 5.88 Å². The summed E-state index contributed by atoms with van der Waals surface area (Å²) in [5.74, 6) is 0.379. The summed E-state index contributed by atoms with van der Waals surface area (Å²) in [7, 11) is 1.51. The standard InChI is InChI=1S/C9H10ClN3O/c1-4-13(11-2)7-5-6-8(10)12-9(7)14-3/h4-6H,1-2H2,3H3. The second kappa shape index (κ2) is 4.62. The molecule has 0 unspecified atom stereocenters. The van der Waals surface area contributed by atoms with E-state index in [1.807, 2.05) is 0 Å². The molecule has 0 atom stereocenters. The molecule has 1 heterocycles. The third-order valence-electron chi connectivity index (χ3n) is 1.57. The predicted molar refractivity (Wildman–Crippen MR) is 58.0 cm³/mol. The van der Waals surface area contributed by atoms with Crippen molar-refractivity contribution in [1.82, 2.24) is 4.98 Å². The summed E-state index contributed by atoms with van der Waals surface area (Å²) in [6, 6.07) is 3.37. The number of halogens is 1. The SMILES string of the molecule is C=CN(N=C)c1ccc(Cl)nc1OC. The third-order valence-corrected chi connectivity index (χ3v) is 1.78. The van der Waals surface area contributed by atoms with Gasteiger partial charge in [-0.3, -0.25) is 0 Å². The van der Waals surface area contributed by atoms with Crippen LogP contribution in [0.3, 0.4) is 0 Å². The molecule has 0 radical (unpaired) electrons. The fraction of sp³-hybridized carbons (Fsp3) is 0.111. The van der Waals surface area contributed by atoms with Crippen molar-refractivity contribution in [3.8, 4) is 5.88 Å². The number of pyridine rings is 1. The summed E-state index contributed by atoms with van der Waals surface area (Å²) in [6.07, 6.45) is 1.50. The van der Waals surface area contributed by atoms with E-state index in [0.717, 1.165) is 0 Å². The van der Waals surface area contributed by atoms with E-state index in [1.54, 1.807) is 12.1 Å². The number of hydrogen-bond donors (Lipinski definition) is 0. The topological polar surface area (TPSA) is 37.7 Å². The first-order valence-electron chi connectivity index (χ1n) is 3.82. The van der Waals surface area contributed by atoms with E-state index < -0.39 is 0 Å². The van der Waals surface area contributed by atoms with E-state index >= 15 is 0 Å². The quantitative estimate of drug-likeness (QED) is 0.436. The van der Waals surface area contributed by atoms with Gasteiger partial charge in [0.05, 0.1) is 7.11 Å². The summed E-state index contributed by atoms with van der Waals surface area (Å²) >= 11 is 5.70. The van der Waals surface area contributed by atoms with Crippen LogP contribution in [0.5, 0.6) is 5.88 Å². The minimum Gasteiger partial charge on any atom is -0.479 e. The molecule has 74 valence electrons. The number of anilines is 1. The van der Waals surface area contributed by atoms with Gasteiger partial charge in [0.15, 0.2) is 0 Å². The van der Waals surface area contributed by atoms with Gasteiger partial charge >= 0.3 is 0 Å². The maximum absolute atomic E-state index is 5.70. The van der Waals surface area contributed by atoms with Gasteiger partial charge < -0.3 is 4.74 Å². The maximum atomic E-state index is 5.70. The Hall–Kier alpha value is -1.55. The average molecular weight is 212 g/mol. The minimum atomic E-state index is 0.360. The Morgan fingerprint density at radius 2 is 2.36 bits per heavy atom. The number of ether oxygens (including phenoxy) is 1. The first-order chi connectivity index (χ1) is 6.72. The van der Waals surface area contributed by atoms with Crippen LogP contribution in [0.1, 0.15) is 0 Å². The van der Waals surface area contributed by atoms with Gasteiger partial charge in [0, 0.05) is 12.9 Å². The van der Waals surface area contributed by atoms with Crippen molar-refractivity contribution in [2.75, 3.05) is 12.1 Å². The van der Waals surface area contributed by atoms with Crippen LogP contribution in [-0.2, 0) is 0 Å². The van der Waals surface area contributed by atoms with Gasteiger partial charge in [0.1, 0.15) is 10.8 Å². The van der Waals surface area contributed by atoms with Crippen molar-refractivity contribution in [2.24, 2.45) is 5.10 Å². The van der Waals surface area contributed by atoms with Gasteiger partial charge in [0.25, 0.3) is 0 Å². The van der Waals surface area contributed by atoms with Gasteiger partial charge in [-0.15, -0.1) is 0 Å². The van der Waals surface area contributed by atoms with Crippen molar-refractivity contribution >= 4 is 24.0 Å². The molecule has 1 aromatic heterocycles. The number of rotatable bonds is 4. The van der Waals surface area contributed by atoms with Crippen molar-refractivity contribution < 1.29 is 4.74 Å². The van der Waals surface area contributed by atoms with Crippen LogP contribution >= 0.6 is 11.6 Å². The van der Waals surface area contributed by atoms with E-state index in [0.29, 0.717) is 16.7 Å². The number of nitrogens with zero attached hydrogens (tertiary/aromatic N) is 3. The van der Waals surface area contributed by atoms with Gasteiger partial charge in [-0.25, -0.2) is 5.01 Å². The Kier molecular flexibility index (Phi) is 3.48. The van der Waals surface area contributed by atoms with Crippen molar-refractivity contribution in [3.63, 3.8) is 0 Å². The molecular weight excluding hydrogens is 202 g/mol. The Morgan fingerprint density at radius 1 is 1.64 bits per heavy atom. The molecule has 0 aliphatic carbocycles. The highest BCUT2D eigenvalue weighted by Crippen LogP contribution is 2.27. The van der Waals surface area contributed by atoms with Gasteiger partial charge in [-0.2, -0.15) is 10.1 Å². The molecule has 5 heteroatoms. The molecular formula is C9H10ClN3O. The van der Waals surface area contributed by atoms with Crippen molar-refractivity contribution in [1.29, 1.82) is 0 Å². The molecule has 0 spiro atoms. The average Bonchev–Trinajstić information content (AvgIpc) is 2.21. The monoisotopic (exact) mass is 211 g/mol. The molecule has 0 saturated heterocycles. The number of hydrogen-bond acceptors (Lipinski definition) is 4. The predicted octanol–water partition coefficient (Wildman–Crippen LogP) is 2.31. The highest BCUT2D eigenvalue weighted by atomic mass is 35.5. The smallest absolute Gasteiger partial charge is 0.241 e. The summed E-state index contributed by atoms with van der Waals surface area (Å²) in [5.41, 5.74) is 0.641. The van der Waals surface area contributed by atoms with E-state index in [4.69, 9.17) is 16.3 Å². The molecule has 0 aliphatic rings. The lowest BCUT2D eigenvalue weighted by Crippen LogP contribution is -2.08. The molecule has 0 saturated carbocycles. The molecule has 0 aromatic carbocycles. The van der Waals surface area contributed by atoms with Crippen molar-refractivity contribution in [2.45, 2.75) is 0 Å². The molecule has 0 bridgehead atoms. The van der Waals surface area contributed by atoms with Crippen LogP contribution < -0.4 is 9.75 Å². The second-order valence-electron chi connectivity index (χ2n) is 2.33. The Bertz CT molecular complexity index is 346. The Balaban J connectivity index is 3.18. The number of aromatic nitrogens is 1. The van der Waals surface area contributed by atoms with E-state index in [2.05, 4.69) is 23.4 Å². The first-order valence-corrected chi connectivity index (χ1v) is 4.19. The van der Waals surface area contributed by atoms with Crippen LogP contribution in [-0.4, -0.2) is 18.8 Å². The molecule has 14 heavy (non-hydrogen) atoms. The van der Waals surface area contributed by atoms with E-state index in [9.17, 15) is 0 Å². The fourth-order valence-electron chi connectivity index (χ4n) is 0.967. The highest BCUT2D eigenvalue weighted by Gasteiger charge is 2.09. The normalized spacial score (nSPS) is 9.29. The van der Waals surface area contributed by atoms with Gasteiger partial charge in [-0.1, -0.05) is 18.2 Å². The van der Waals surface area contributed by atoms with Crippen LogP contribution in [0, 0.1) is 0 Å². The van der Waals surface area contributed by atoms with Crippen LogP contribution in [0.4, 0.5) is 5.69 Å². The number of hydrazone groups is 1. The fourth-order valence-corrected chi connectivity index (χ4v) is 1.11. The minimum absolute atomic E-state index is 0.360. The van der Waals surface area contributed by atoms with Crippen LogP contribution in [0.2, 0.25) is 5.15 Å². The lowest BCUT2D eigenvalue weighted by atomic mass is 10.4. The molecule has 0 N–H and O–H groups in total. The van der Waals surface area contributed by atoms with Crippen LogP contribution in [0.25, 0.3) is 0 Å². The molecule has 1 aromatic rings. The first kappa shape index (κ1) is 10.5. The molecule has 0 fully saturated rings. The Labute approximate surface area is 87.5 Å². The van der Waals surface area contributed by atoms with Crippen LogP contribution in [0.15, 0.2) is 30.0 Å². The molecule has 1 rings (SSSR count). The lowest BCUT2D eigenvalue weighted by molar-refractivity contribution is 0.398. The zero-order valence-corrected chi connectivity index (χ0v) is 8.53. The molecule has 4 nitrogen and oxygen atoms in total. The van der Waals surface area contributed by atoms with E-state index in [1.165, 1.54) is 18.3 Å². The van der Waals surface area contributed by atoms with Gasteiger partial charge in [-0.05, 0) is 12.1 Å². The summed E-state index contributed by atoms with van der Waals surface area (Å²) < 4.78 is 5.04. The molecule has 0 amide bonds. The third kappa shape index (κ3) is 2.03. The Morgan fingerprint density at radius 3 is 2.86 bits per heavy atom. The molecule has 0 aliphatic heterocycles. The number of methoxy groups -OCH3 is 1. The highest BCUT2D eigenvalue weighted by molar-refractivity contribution is 6.29. The zero-order chi connectivity index (χ0) is 10.6. The van der Waals surface area contributed by atoms with E-state index in [-0.39, 0.29) is 0 Å². The summed E-state index contributed by atoms with van der Waals surface area (Å²) in [5, 5.41) is 5.52. The lowest BCUT2D eigenvalue weighted by Gasteiger charge is -2.15. The summed E-state index contributed by atoms with van der Waals surface area (Å²) in [4.78, 5) is 3.97. The maximum Gasteiger partial charge on any atom is 0.241 e. The second-order valence-corrected chi connectivity index (χ2v) is 2.72. The largest absolute Gasteiger partial charge is 0.479 e. The summed E-state index contributed by atoms with van der Waals surface area (Å²) in [6.45, 7) is 6.98. The zero-order valence-electron chi connectivity index (χ0n) is 7.77. The van der Waals surface area contributed by atoms with Crippen molar-refractivity contribution in [3.05, 3.63) is 30.1 Å².